The SMILES string of the molecule is CC(C)(C)OC(=O)N[C@H](CO)[C@H]1CC(=O)CCN1C(=O)OCc1ccccc1. The number of alkyl carbamates (subject to hydrolysis) is 1. The van der Waals surface area contributed by atoms with Crippen LogP contribution in [0.25, 0.3) is 0 Å². The van der Waals surface area contributed by atoms with Crippen LogP contribution >= 0.6 is 0 Å². The number of likely N-dealkylation sites (tertiary alicyclic amines) is 1. The highest BCUT2D eigenvalue weighted by Gasteiger charge is 2.38. The zero-order chi connectivity index (χ0) is 20.7. The van der Waals surface area contributed by atoms with Crippen molar-refractivity contribution in [2.24, 2.45) is 0 Å². The van der Waals surface area contributed by atoms with Crippen molar-refractivity contribution in [2.75, 3.05) is 13.2 Å². The van der Waals surface area contributed by atoms with Crippen LogP contribution in [0.2, 0.25) is 0 Å². The summed E-state index contributed by atoms with van der Waals surface area (Å²) in [5.74, 6) is -0.0402. The maximum atomic E-state index is 12.6. The molecule has 0 bridgehead atoms. The van der Waals surface area contributed by atoms with Crippen LogP contribution < -0.4 is 5.32 Å². The van der Waals surface area contributed by atoms with E-state index in [1.807, 2.05) is 30.3 Å². The lowest BCUT2D eigenvalue weighted by Gasteiger charge is -2.38. The summed E-state index contributed by atoms with van der Waals surface area (Å²) in [6, 6.07) is 7.68. The van der Waals surface area contributed by atoms with E-state index in [0.29, 0.717) is 0 Å². The van der Waals surface area contributed by atoms with Gasteiger partial charge >= 0.3 is 12.2 Å². The average molecular weight is 392 g/mol. The van der Waals surface area contributed by atoms with Crippen molar-refractivity contribution in [2.45, 2.75) is 57.9 Å². The summed E-state index contributed by atoms with van der Waals surface area (Å²) in [5, 5.41) is 12.3. The van der Waals surface area contributed by atoms with Gasteiger partial charge in [-0.05, 0) is 26.3 Å². The van der Waals surface area contributed by atoms with Gasteiger partial charge in [0.2, 0.25) is 0 Å². The molecule has 1 aliphatic rings. The Bertz CT molecular complexity index is 686. The number of ether oxygens (including phenoxy) is 2. The zero-order valence-corrected chi connectivity index (χ0v) is 16.5. The zero-order valence-electron chi connectivity index (χ0n) is 16.5. The first-order valence-corrected chi connectivity index (χ1v) is 9.29. The molecule has 154 valence electrons. The van der Waals surface area contributed by atoms with Crippen LogP contribution in [0.5, 0.6) is 0 Å². The molecule has 28 heavy (non-hydrogen) atoms. The maximum Gasteiger partial charge on any atom is 0.410 e. The number of piperidine rings is 1. The van der Waals surface area contributed by atoms with Crippen LogP contribution in [0.4, 0.5) is 9.59 Å². The number of carbonyl (C=O) groups is 3. The van der Waals surface area contributed by atoms with Crippen LogP contribution in [-0.2, 0) is 20.9 Å². The molecule has 0 unspecified atom stereocenters. The molecule has 1 aromatic carbocycles. The second-order valence-corrected chi connectivity index (χ2v) is 7.73. The Morgan fingerprint density at radius 1 is 1.29 bits per heavy atom. The summed E-state index contributed by atoms with van der Waals surface area (Å²) in [7, 11) is 0. The molecule has 1 heterocycles. The normalized spacial score (nSPS) is 18.4. The number of aliphatic hydroxyl groups excluding tert-OH is 1. The fourth-order valence-electron chi connectivity index (χ4n) is 2.97. The molecule has 8 nitrogen and oxygen atoms in total. The van der Waals surface area contributed by atoms with Crippen LogP contribution in [0, 0.1) is 0 Å². The third-order valence-electron chi connectivity index (χ3n) is 4.27. The van der Waals surface area contributed by atoms with Gasteiger partial charge in [0.05, 0.1) is 18.7 Å². The van der Waals surface area contributed by atoms with E-state index in [1.165, 1.54) is 4.90 Å². The molecule has 0 aromatic heterocycles. The van der Waals surface area contributed by atoms with Crippen molar-refractivity contribution < 1.29 is 29.0 Å². The van der Waals surface area contributed by atoms with Gasteiger partial charge in [-0.25, -0.2) is 9.59 Å². The number of aliphatic hydroxyl groups is 1. The van der Waals surface area contributed by atoms with Crippen molar-refractivity contribution in [1.29, 1.82) is 0 Å². The van der Waals surface area contributed by atoms with Crippen molar-refractivity contribution in [3.8, 4) is 0 Å². The minimum Gasteiger partial charge on any atom is -0.445 e. The summed E-state index contributed by atoms with van der Waals surface area (Å²) < 4.78 is 10.6. The molecule has 2 N–H and O–H groups in total. The van der Waals surface area contributed by atoms with E-state index < -0.39 is 36.5 Å². The molecule has 1 aliphatic heterocycles. The van der Waals surface area contributed by atoms with Crippen LogP contribution in [0.15, 0.2) is 30.3 Å². The maximum absolute atomic E-state index is 12.6. The lowest BCUT2D eigenvalue weighted by atomic mass is 9.95. The predicted octanol–water partition coefficient (Wildman–Crippen LogP) is 2.24. The molecule has 1 aromatic rings. The van der Waals surface area contributed by atoms with E-state index in [4.69, 9.17) is 9.47 Å². The van der Waals surface area contributed by atoms with E-state index in [2.05, 4.69) is 5.32 Å². The number of ketones is 1. The molecule has 1 saturated heterocycles. The molecule has 0 spiro atoms. The van der Waals surface area contributed by atoms with Crippen LogP contribution in [0.1, 0.15) is 39.2 Å². The minimum atomic E-state index is -0.844. The Balaban J connectivity index is 2.05. The monoisotopic (exact) mass is 392 g/mol. The van der Waals surface area contributed by atoms with E-state index in [9.17, 15) is 19.5 Å². The Morgan fingerprint density at radius 2 is 1.96 bits per heavy atom. The van der Waals surface area contributed by atoms with Gasteiger partial charge in [0.15, 0.2) is 0 Å². The first-order valence-electron chi connectivity index (χ1n) is 9.29. The Morgan fingerprint density at radius 3 is 2.57 bits per heavy atom. The Hall–Kier alpha value is -2.61. The van der Waals surface area contributed by atoms with Gasteiger partial charge in [-0.2, -0.15) is 0 Å². The van der Waals surface area contributed by atoms with Crippen molar-refractivity contribution in [1.82, 2.24) is 10.2 Å². The quantitative estimate of drug-likeness (QED) is 0.796. The summed E-state index contributed by atoms with van der Waals surface area (Å²) in [6.45, 7) is 4.98. The van der Waals surface area contributed by atoms with Crippen LogP contribution in [-0.4, -0.2) is 58.8 Å². The number of hydrogen-bond acceptors (Lipinski definition) is 6. The second-order valence-electron chi connectivity index (χ2n) is 7.73. The van der Waals surface area contributed by atoms with Gasteiger partial charge in [0.25, 0.3) is 0 Å². The number of Topliss-reactive ketones (excluding diaryl/α,β-unsaturated/α-hetero) is 1. The van der Waals surface area contributed by atoms with E-state index in [0.717, 1.165) is 5.56 Å². The topological polar surface area (TPSA) is 105 Å². The number of nitrogens with zero attached hydrogens (tertiary/aromatic N) is 1. The molecule has 0 saturated carbocycles. The molecular formula is C20H28N2O6. The number of amides is 2. The highest BCUT2D eigenvalue weighted by molar-refractivity contribution is 5.82. The smallest absolute Gasteiger partial charge is 0.410 e. The molecule has 8 heteroatoms. The van der Waals surface area contributed by atoms with Crippen LogP contribution in [0.3, 0.4) is 0 Å². The molecule has 2 amide bonds. The standard InChI is InChI=1S/C20H28N2O6/c1-20(2,3)28-18(25)21-16(12-23)17-11-15(24)9-10-22(17)19(26)27-13-14-7-5-4-6-8-14/h4-8,16-17,23H,9-13H2,1-3H3,(H,21,25)/t16-,17-/m1/s1. The lowest BCUT2D eigenvalue weighted by Crippen LogP contribution is -2.58. The third-order valence-corrected chi connectivity index (χ3v) is 4.27. The Labute approximate surface area is 164 Å². The summed E-state index contributed by atoms with van der Waals surface area (Å²) in [5.41, 5.74) is 0.131. The number of benzene rings is 1. The van der Waals surface area contributed by atoms with Crippen molar-refractivity contribution in [3.05, 3.63) is 35.9 Å². The minimum absolute atomic E-state index is 0.0292. The average Bonchev–Trinajstić information content (AvgIpc) is 2.63. The lowest BCUT2D eigenvalue weighted by molar-refractivity contribution is -0.123. The van der Waals surface area contributed by atoms with Gasteiger partial charge in [0, 0.05) is 19.4 Å². The number of hydrogen-bond donors (Lipinski definition) is 2. The fourth-order valence-corrected chi connectivity index (χ4v) is 2.97. The summed E-state index contributed by atoms with van der Waals surface area (Å²) in [4.78, 5) is 38.0. The molecular weight excluding hydrogens is 364 g/mol. The second kappa shape index (κ2) is 9.54. The highest BCUT2D eigenvalue weighted by atomic mass is 16.6. The number of rotatable bonds is 5. The van der Waals surface area contributed by atoms with Gasteiger partial charge < -0.3 is 24.8 Å². The number of carbonyl (C=O) groups excluding carboxylic acids is 3. The molecule has 0 aliphatic carbocycles. The highest BCUT2D eigenvalue weighted by Crippen LogP contribution is 2.20. The number of nitrogens with one attached hydrogen (secondary N) is 1. The van der Waals surface area contributed by atoms with E-state index >= 15 is 0 Å². The van der Waals surface area contributed by atoms with E-state index in [1.54, 1.807) is 20.8 Å². The fraction of sp³-hybridized carbons (Fsp3) is 0.550. The summed E-state index contributed by atoms with van der Waals surface area (Å²) >= 11 is 0. The van der Waals surface area contributed by atoms with Gasteiger partial charge in [-0.3, -0.25) is 4.79 Å². The molecule has 1 fully saturated rings. The van der Waals surface area contributed by atoms with Gasteiger partial charge in [-0.15, -0.1) is 0 Å². The first-order chi connectivity index (χ1) is 13.2. The molecule has 2 atom stereocenters. The molecule has 0 radical (unpaired) electrons. The third kappa shape index (κ3) is 6.53. The van der Waals surface area contributed by atoms with Gasteiger partial charge in [0.1, 0.15) is 18.0 Å². The van der Waals surface area contributed by atoms with Crippen molar-refractivity contribution in [3.63, 3.8) is 0 Å². The predicted molar refractivity (Wildman–Crippen MR) is 102 cm³/mol. The molecule has 2 rings (SSSR count). The summed E-state index contributed by atoms with van der Waals surface area (Å²) in [6.07, 6.45) is -1.07. The van der Waals surface area contributed by atoms with Gasteiger partial charge in [-0.1, -0.05) is 30.3 Å². The van der Waals surface area contributed by atoms with E-state index in [-0.39, 0.29) is 31.8 Å². The van der Waals surface area contributed by atoms with Crippen molar-refractivity contribution >= 4 is 18.0 Å². The Kier molecular flexibility index (Phi) is 7.39. The first kappa shape index (κ1) is 21.7. The largest absolute Gasteiger partial charge is 0.445 e.